The fourth-order valence-corrected chi connectivity index (χ4v) is 4.45. The van der Waals surface area contributed by atoms with Gasteiger partial charge in [-0.1, -0.05) is 18.2 Å². The monoisotopic (exact) mass is 462 g/mol. The molecule has 0 unspecified atom stereocenters. The molecular weight excluding hydrogens is 432 g/mol. The Morgan fingerprint density at radius 1 is 1.15 bits per heavy atom. The van der Waals surface area contributed by atoms with Crippen LogP contribution < -0.4 is 4.74 Å². The third-order valence-electron chi connectivity index (χ3n) is 5.98. The molecule has 8 heteroatoms. The van der Waals surface area contributed by atoms with Crippen LogP contribution in [-0.2, 0) is 9.59 Å². The fraction of sp³-hybridized carbons (Fsp3) is 0.346. The van der Waals surface area contributed by atoms with E-state index in [2.05, 4.69) is 4.98 Å². The normalized spacial score (nSPS) is 17.8. The third-order valence-corrected chi connectivity index (χ3v) is 5.98. The number of aliphatic hydroxyl groups is 1. The maximum atomic E-state index is 13.3. The molecule has 178 valence electrons. The van der Waals surface area contributed by atoms with Gasteiger partial charge in [-0.2, -0.15) is 0 Å². The van der Waals surface area contributed by atoms with Crippen LogP contribution in [0.4, 0.5) is 0 Å². The Bertz CT molecular complexity index is 1240. The number of Topliss-reactive ketones (excluding diaryl/α,β-unsaturated/α-hetero) is 1. The molecule has 3 aromatic rings. The highest BCUT2D eigenvalue weighted by molar-refractivity contribution is 6.46. The average Bonchev–Trinajstić information content (AvgIpc) is 3.27. The van der Waals surface area contributed by atoms with Crippen molar-refractivity contribution in [2.24, 2.45) is 0 Å². The largest absolute Gasteiger partial charge is 0.505 e. The number of aliphatic hydroxyl groups excluding tert-OH is 1. The molecule has 1 fully saturated rings. The molecule has 3 heterocycles. The highest BCUT2D eigenvalue weighted by Crippen LogP contribution is 2.40. The number of nitrogens with zero attached hydrogens (tertiary/aromatic N) is 4. The number of ketones is 1. The summed E-state index contributed by atoms with van der Waals surface area (Å²) in [7, 11) is 3.93. The Hall–Kier alpha value is -3.65. The van der Waals surface area contributed by atoms with E-state index in [9.17, 15) is 14.7 Å². The summed E-state index contributed by atoms with van der Waals surface area (Å²) >= 11 is 0. The van der Waals surface area contributed by atoms with Crippen LogP contribution in [0, 0.1) is 6.92 Å². The van der Waals surface area contributed by atoms with E-state index in [1.54, 1.807) is 22.4 Å². The van der Waals surface area contributed by atoms with Gasteiger partial charge in [0.25, 0.3) is 11.7 Å². The smallest absolute Gasteiger partial charge is 0.295 e. The lowest BCUT2D eigenvalue weighted by molar-refractivity contribution is -0.139. The molecule has 1 amide bonds. The lowest BCUT2D eigenvalue weighted by Gasteiger charge is -2.26. The first-order chi connectivity index (χ1) is 16.3. The number of hydrogen-bond acceptors (Lipinski definition) is 6. The predicted octanol–water partition coefficient (Wildman–Crippen LogP) is 3.41. The van der Waals surface area contributed by atoms with E-state index in [0.717, 1.165) is 12.1 Å². The lowest BCUT2D eigenvalue weighted by atomic mass is 9.96. The summed E-state index contributed by atoms with van der Waals surface area (Å²) in [4.78, 5) is 34.5. The van der Waals surface area contributed by atoms with Gasteiger partial charge in [-0.15, -0.1) is 0 Å². The van der Waals surface area contributed by atoms with E-state index in [0.29, 0.717) is 42.4 Å². The van der Waals surface area contributed by atoms with Crippen molar-refractivity contribution in [1.29, 1.82) is 0 Å². The molecule has 1 saturated heterocycles. The van der Waals surface area contributed by atoms with E-state index in [-0.39, 0.29) is 11.3 Å². The van der Waals surface area contributed by atoms with E-state index in [4.69, 9.17) is 4.74 Å². The Morgan fingerprint density at radius 2 is 1.88 bits per heavy atom. The standard InChI is InChI=1S/C26H30N4O4/c1-5-34-19-12-10-18(11-13-19)23-21(25(32)26(33)30(23)16-8-14-28(3)4)24(31)22-17(2)27-20-9-6-7-15-29(20)22/h6-7,9-13,15,23,31H,5,8,14,16H2,1-4H3/t23-/m1/s1. The molecule has 34 heavy (non-hydrogen) atoms. The summed E-state index contributed by atoms with van der Waals surface area (Å²) in [6, 6.07) is 12.1. The minimum Gasteiger partial charge on any atom is -0.505 e. The summed E-state index contributed by atoms with van der Waals surface area (Å²) in [5.41, 5.74) is 2.46. The molecule has 1 aromatic carbocycles. The van der Waals surface area contributed by atoms with Gasteiger partial charge in [-0.05, 0) is 70.7 Å². The summed E-state index contributed by atoms with van der Waals surface area (Å²) in [6.07, 6.45) is 2.48. The molecular formula is C26H30N4O4. The topological polar surface area (TPSA) is 87.4 Å². The minimum atomic E-state index is -0.702. The van der Waals surface area contributed by atoms with Crippen molar-refractivity contribution in [2.45, 2.75) is 26.3 Å². The van der Waals surface area contributed by atoms with Crippen LogP contribution in [0.5, 0.6) is 5.75 Å². The number of aromatic nitrogens is 2. The number of carbonyl (C=O) groups excluding carboxylic acids is 2. The van der Waals surface area contributed by atoms with Crippen LogP contribution >= 0.6 is 0 Å². The second-order valence-corrected chi connectivity index (χ2v) is 8.63. The Labute approximate surface area is 199 Å². The average molecular weight is 463 g/mol. The van der Waals surface area contributed by atoms with E-state index in [1.807, 2.05) is 68.4 Å². The zero-order valence-corrected chi connectivity index (χ0v) is 20.0. The van der Waals surface area contributed by atoms with Crippen molar-refractivity contribution >= 4 is 23.1 Å². The maximum Gasteiger partial charge on any atom is 0.295 e. The molecule has 0 aliphatic carbocycles. The molecule has 1 aliphatic rings. The van der Waals surface area contributed by atoms with Crippen LogP contribution in [0.2, 0.25) is 0 Å². The number of hydrogen-bond donors (Lipinski definition) is 1. The van der Waals surface area contributed by atoms with Crippen LogP contribution in [0.3, 0.4) is 0 Å². The van der Waals surface area contributed by atoms with Gasteiger partial charge < -0.3 is 19.6 Å². The van der Waals surface area contributed by atoms with Gasteiger partial charge in [0.1, 0.15) is 17.1 Å². The van der Waals surface area contributed by atoms with Crippen LogP contribution in [0.25, 0.3) is 11.4 Å². The number of pyridine rings is 1. The van der Waals surface area contributed by atoms with Gasteiger partial charge in [0, 0.05) is 12.7 Å². The van der Waals surface area contributed by atoms with Gasteiger partial charge in [0.2, 0.25) is 0 Å². The number of fused-ring (bicyclic) bond motifs is 1. The first-order valence-electron chi connectivity index (χ1n) is 11.4. The summed E-state index contributed by atoms with van der Waals surface area (Å²) in [5, 5.41) is 11.5. The van der Waals surface area contributed by atoms with Crippen molar-refractivity contribution in [3.05, 3.63) is 71.2 Å². The van der Waals surface area contributed by atoms with Crippen molar-refractivity contribution in [3.8, 4) is 5.75 Å². The molecule has 0 saturated carbocycles. The van der Waals surface area contributed by atoms with Crippen LogP contribution in [0.15, 0.2) is 54.2 Å². The first-order valence-corrected chi connectivity index (χ1v) is 11.4. The Morgan fingerprint density at radius 3 is 2.56 bits per heavy atom. The second kappa shape index (κ2) is 9.69. The Balaban J connectivity index is 1.85. The van der Waals surface area contributed by atoms with Gasteiger partial charge >= 0.3 is 0 Å². The number of imidazole rings is 1. The van der Waals surface area contributed by atoms with Gasteiger partial charge in [0.05, 0.1) is 23.9 Å². The predicted molar refractivity (Wildman–Crippen MR) is 130 cm³/mol. The van der Waals surface area contributed by atoms with Gasteiger partial charge in [-0.3, -0.25) is 14.0 Å². The summed E-state index contributed by atoms with van der Waals surface area (Å²) in [5.74, 6) is -0.811. The zero-order chi connectivity index (χ0) is 24.4. The molecule has 2 aromatic heterocycles. The lowest BCUT2D eigenvalue weighted by Crippen LogP contribution is -2.32. The molecule has 0 bridgehead atoms. The molecule has 8 nitrogen and oxygen atoms in total. The molecule has 1 aliphatic heterocycles. The van der Waals surface area contributed by atoms with Crippen molar-refractivity contribution < 1.29 is 19.4 Å². The van der Waals surface area contributed by atoms with Gasteiger partial charge in [-0.25, -0.2) is 4.98 Å². The van der Waals surface area contributed by atoms with E-state index < -0.39 is 17.7 Å². The molecule has 1 N–H and O–H groups in total. The van der Waals surface area contributed by atoms with Crippen molar-refractivity contribution in [1.82, 2.24) is 19.2 Å². The van der Waals surface area contributed by atoms with Crippen molar-refractivity contribution in [3.63, 3.8) is 0 Å². The minimum absolute atomic E-state index is 0.0766. The van der Waals surface area contributed by atoms with E-state index in [1.165, 1.54) is 0 Å². The number of carbonyl (C=O) groups is 2. The first kappa shape index (κ1) is 23.5. The highest BCUT2D eigenvalue weighted by atomic mass is 16.5. The number of rotatable bonds is 8. The molecule has 1 atom stereocenters. The highest BCUT2D eigenvalue weighted by Gasteiger charge is 2.46. The van der Waals surface area contributed by atoms with Crippen LogP contribution in [0.1, 0.15) is 36.3 Å². The van der Waals surface area contributed by atoms with Crippen LogP contribution in [-0.4, -0.2) is 69.8 Å². The van der Waals surface area contributed by atoms with Gasteiger partial charge in [0.15, 0.2) is 5.76 Å². The number of likely N-dealkylation sites (tertiary alicyclic amines) is 1. The van der Waals surface area contributed by atoms with Crippen molar-refractivity contribution in [2.75, 3.05) is 33.8 Å². The summed E-state index contributed by atoms with van der Waals surface area (Å²) < 4.78 is 7.29. The second-order valence-electron chi connectivity index (χ2n) is 8.63. The number of benzene rings is 1. The Kier molecular flexibility index (Phi) is 6.70. The number of ether oxygens (including phenoxy) is 1. The molecule has 0 radical (unpaired) electrons. The number of aryl methyl sites for hydroxylation is 1. The molecule has 0 spiro atoms. The maximum absolute atomic E-state index is 13.3. The quantitative estimate of drug-likeness (QED) is 0.314. The third kappa shape index (κ3) is 4.28. The zero-order valence-electron chi connectivity index (χ0n) is 20.0. The molecule has 4 rings (SSSR count). The summed E-state index contributed by atoms with van der Waals surface area (Å²) in [6.45, 7) is 5.39. The SMILES string of the molecule is CCOc1ccc([C@@H]2C(=C(O)c3c(C)nc4ccccn34)C(=O)C(=O)N2CCCN(C)C)cc1. The fourth-order valence-electron chi connectivity index (χ4n) is 4.45. The number of amides is 1. The van der Waals surface area contributed by atoms with E-state index >= 15 is 0 Å².